The zero-order valence-corrected chi connectivity index (χ0v) is 13.0. The van der Waals surface area contributed by atoms with Gasteiger partial charge in [-0.1, -0.05) is 0 Å². The van der Waals surface area contributed by atoms with Crippen molar-refractivity contribution in [3.05, 3.63) is 23.8 Å². The van der Waals surface area contributed by atoms with Crippen LogP contribution >= 0.6 is 0 Å². The van der Waals surface area contributed by atoms with Crippen LogP contribution < -0.4 is 15.8 Å². The van der Waals surface area contributed by atoms with Gasteiger partial charge in [0, 0.05) is 23.9 Å². The Bertz CT molecular complexity index is 521. The fourth-order valence-electron chi connectivity index (χ4n) is 1.69. The van der Waals surface area contributed by atoms with E-state index in [0.717, 1.165) is 0 Å². The van der Waals surface area contributed by atoms with Crippen molar-refractivity contribution in [2.45, 2.75) is 6.42 Å². The molecule has 0 aliphatic heterocycles. The molecule has 23 heavy (non-hydrogen) atoms. The predicted molar refractivity (Wildman–Crippen MR) is 83.6 cm³/mol. The lowest BCUT2D eigenvalue weighted by Crippen LogP contribution is -2.27. The summed E-state index contributed by atoms with van der Waals surface area (Å²) in [5, 5.41) is 11.1. The molecule has 8 nitrogen and oxygen atoms in total. The minimum Gasteiger partial charge on any atom is -0.497 e. The Labute approximate surface area is 134 Å². The van der Waals surface area contributed by atoms with Gasteiger partial charge < -0.3 is 30.4 Å². The van der Waals surface area contributed by atoms with Gasteiger partial charge in [0.2, 0.25) is 0 Å². The number of benzene rings is 1. The van der Waals surface area contributed by atoms with E-state index in [0.29, 0.717) is 43.4 Å². The van der Waals surface area contributed by atoms with Gasteiger partial charge in [-0.15, -0.1) is 0 Å². The van der Waals surface area contributed by atoms with Crippen molar-refractivity contribution in [2.75, 3.05) is 45.8 Å². The highest BCUT2D eigenvalue weighted by Gasteiger charge is 2.07. The Morgan fingerprint density at radius 2 is 1.83 bits per heavy atom. The summed E-state index contributed by atoms with van der Waals surface area (Å²) in [4.78, 5) is 22.2. The van der Waals surface area contributed by atoms with Crippen molar-refractivity contribution in [1.29, 1.82) is 0 Å². The lowest BCUT2D eigenvalue weighted by Gasteiger charge is -2.09. The average Bonchev–Trinajstić information content (AvgIpc) is 2.52. The van der Waals surface area contributed by atoms with Gasteiger partial charge in [-0.2, -0.15) is 0 Å². The molecule has 4 N–H and O–H groups in total. The highest BCUT2D eigenvalue weighted by molar-refractivity contribution is 5.95. The van der Waals surface area contributed by atoms with Crippen molar-refractivity contribution in [3.63, 3.8) is 0 Å². The Morgan fingerprint density at radius 1 is 1.13 bits per heavy atom. The van der Waals surface area contributed by atoms with E-state index in [1.54, 1.807) is 18.2 Å². The molecular weight excluding hydrogens is 304 g/mol. The Hall–Kier alpha value is -2.32. The predicted octanol–water partition coefficient (Wildman–Crippen LogP) is 0.515. The summed E-state index contributed by atoms with van der Waals surface area (Å²) in [5.41, 5.74) is 6.55. The van der Waals surface area contributed by atoms with E-state index in [4.69, 9.17) is 25.1 Å². The Kier molecular flexibility index (Phi) is 8.48. The number of carbonyl (C=O) groups is 2. The summed E-state index contributed by atoms with van der Waals surface area (Å²) < 4.78 is 15.4. The van der Waals surface area contributed by atoms with Crippen LogP contribution in [0.2, 0.25) is 0 Å². The molecule has 8 heteroatoms. The molecule has 0 bridgehead atoms. The van der Waals surface area contributed by atoms with Crippen molar-refractivity contribution in [1.82, 2.24) is 5.32 Å². The highest BCUT2D eigenvalue weighted by Crippen LogP contribution is 2.18. The highest BCUT2D eigenvalue weighted by atomic mass is 16.5. The van der Waals surface area contributed by atoms with E-state index < -0.39 is 5.97 Å². The second kappa shape index (κ2) is 10.4. The van der Waals surface area contributed by atoms with Gasteiger partial charge in [-0.3, -0.25) is 9.59 Å². The number of methoxy groups -OCH3 is 1. The van der Waals surface area contributed by atoms with Crippen LogP contribution in [-0.4, -0.2) is 57.1 Å². The summed E-state index contributed by atoms with van der Waals surface area (Å²) in [6.45, 7) is 1.47. The van der Waals surface area contributed by atoms with Gasteiger partial charge in [0.1, 0.15) is 5.75 Å². The molecule has 1 aromatic carbocycles. The summed E-state index contributed by atoms with van der Waals surface area (Å²) in [6, 6.07) is 4.79. The number of ether oxygens (including phenoxy) is 3. The standard InChI is InChI=1S/C15H22N2O6/c1-21-13-9-11(8-12(16)10-13)15(20)17-3-5-23-7-6-22-4-2-14(18)19/h8-10H,2-7,16H2,1H3,(H,17,20)(H,18,19). The molecule has 0 aromatic heterocycles. The first kappa shape index (κ1) is 18.7. The third-order valence-corrected chi connectivity index (χ3v) is 2.79. The lowest BCUT2D eigenvalue weighted by atomic mass is 10.2. The number of carbonyl (C=O) groups excluding carboxylic acids is 1. The van der Waals surface area contributed by atoms with Crippen LogP contribution in [0.1, 0.15) is 16.8 Å². The summed E-state index contributed by atoms with van der Waals surface area (Å²) >= 11 is 0. The minimum absolute atomic E-state index is 0.0280. The molecule has 0 radical (unpaired) electrons. The van der Waals surface area contributed by atoms with E-state index in [1.165, 1.54) is 7.11 Å². The SMILES string of the molecule is COc1cc(N)cc(C(=O)NCCOCCOCCC(=O)O)c1. The molecule has 0 atom stereocenters. The van der Waals surface area contributed by atoms with Crippen LogP contribution in [0.5, 0.6) is 5.75 Å². The molecule has 0 aliphatic rings. The number of nitrogens with two attached hydrogens (primary N) is 1. The third kappa shape index (κ3) is 8.03. The van der Waals surface area contributed by atoms with Crippen molar-refractivity contribution >= 4 is 17.6 Å². The van der Waals surface area contributed by atoms with Gasteiger partial charge in [0.15, 0.2) is 0 Å². The maximum atomic E-state index is 11.9. The van der Waals surface area contributed by atoms with Crippen LogP contribution in [0, 0.1) is 0 Å². The first-order valence-corrected chi connectivity index (χ1v) is 7.13. The number of carboxylic acid groups (broad SMARTS) is 1. The molecule has 128 valence electrons. The number of rotatable bonds is 11. The van der Waals surface area contributed by atoms with Crippen molar-refractivity contribution in [2.24, 2.45) is 0 Å². The molecule has 0 saturated carbocycles. The van der Waals surface area contributed by atoms with Crippen molar-refractivity contribution in [3.8, 4) is 5.75 Å². The molecule has 0 saturated heterocycles. The van der Waals surface area contributed by atoms with Gasteiger partial charge >= 0.3 is 5.97 Å². The number of nitrogen functional groups attached to an aromatic ring is 1. The molecule has 0 spiro atoms. The van der Waals surface area contributed by atoms with Crippen LogP contribution in [0.3, 0.4) is 0 Å². The molecule has 0 fully saturated rings. The van der Waals surface area contributed by atoms with E-state index in [-0.39, 0.29) is 18.9 Å². The fourth-order valence-corrected chi connectivity index (χ4v) is 1.69. The molecule has 1 aromatic rings. The van der Waals surface area contributed by atoms with E-state index in [9.17, 15) is 9.59 Å². The number of aliphatic carboxylic acids is 1. The monoisotopic (exact) mass is 326 g/mol. The summed E-state index contributed by atoms with van der Waals surface area (Å²) in [6.07, 6.45) is -0.0280. The largest absolute Gasteiger partial charge is 0.497 e. The smallest absolute Gasteiger partial charge is 0.305 e. The minimum atomic E-state index is -0.896. The lowest BCUT2D eigenvalue weighted by molar-refractivity contribution is -0.138. The fraction of sp³-hybridized carbons (Fsp3) is 0.467. The average molecular weight is 326 g/mol. The summed E-state index contributed by atoms with van der Waals surface area (Å²) in [5.74, 6) is -0.645. The van der Waals surface area contributed by atoms with E-state index in [1.807, 2.05) is 0 Å². The zero-order valence-electron chi connectivity index (χ0n) is 13.0. The van der Waals surface area contributed by atoms with Crippen LogP contribution in [0.15, 0.2) is 18.2 Å². The molecule has 0 unspecified atom stereocenters. The maximum absolute atomic E-state index is 11.9. The number of anilines is 1. The summed E-state index contributed by atoms with van der Waals surface area (Å²) in [7, 11) is 1.50. The van der Waals surface area contributed by atoms with Crippen LogP contribution in [0.25, 0.3) is 0 Å². The number of carboxylic acids is 1. The molecular formula is C15H22N2O6. The van der Waals surface area contributed by atoms with E-state index >= 15 is 0 Å². The zero-order chi connectivity index (χ0) is 17.1. The van der Waals surface area contributed by atoms with Crippen LogP contribution in [-0.2, 0) is 14.3 Å². The van der Waals surface area contributed by atoms with Gasteiger partial charge in [0.05, 0.1) is 40.0 Å². The number of amides is 1. The molecule has 1 rings (SSSR count). The first-order valence-electron chi connectivity index (χ1n) is 7.13. The van der Waals surface area contributed by atoms with Crippen molar-refractivity contribution < 1.29 is 28.9 Å². The maximum Gasteiger partial charge on any atom is 0.305 e. The number of hydrogen-bond acceptors (Lipinski definition) is 6. The third-order valence-electron chi connectivity index (χ3n) is 2.79. The van der Waals surface area contributed by atoms with Gasteiger partial charge in [-0.05, 0) is 12.1 Å². The van der Waals surface area contributed by atoms with Gasteiger partial charge in [-0.25, -0.2) is 0 Å². The molecule has 0 heterocycles. The first-order chi connectivity index (χ1) is 11.0. The molecule has 1 amide bonds. The Balaban J connectivity index is 2.15. The quantitative estimate of drug-likeness (QED) is 0.400. The normalized spacial score (nSPS) is 10.3. The number of nitrogens with one attached hydrogen (secondary N) is 1. The van der Waals surface area contributed by atoms with Gasteiger partial charge in [0.25, 0.3) is 5.91 Å². The Morgan fingerprint density at radius 3 is 2.48 bits per heavy atom. The van der Waals surface area contributed by atoms with Crippen LogP contribution in [0.4, 0.5) is 5.69 Å². The second-order valence-corrected chi connectivity index (χ2v) is 4.62. The topological polar surface area (TPSA) is 120 Å². The van der Waals surface area contributed by atoms with E-state index in [2.05, 4.69) is 5.32 Å². The molecule has 0 aliphatic carbocycles. The second-order valence-electron chi connectivity index (χ2n) is 4.62. The number of hydrogen-bond donors (Lipinski definition) is 3.